The number of rotatable bonds is 3. The van der Waals surface area contributed by atoms with Crippen molar-refractivity contribution >= 4 is 23.3 Å². The van der Waals surface area contributed by atoms with Crippen LogP contribution in [0.15, 0.2) is 10.2 Å². The Morgan fingerprint density at radius 2 is 2.17 bits per heavy atom. The number of aliphatic hydroxyl groups is 1. The topological polar surface area (TPSA) is 57.4 Å². The lowest BCUT2D eigenvalue weighted by molar-refractivity contribution is -0.300. The van der Waals surface area contributed by atoms with Crippen LogP contribution in [0.4, 0.5) is 13.2 Å². The van der Waals surface area contributed by atoms with Crippen molar-refractivity contribution < 1.29 is 23.0 Å². The molecule has 0 aromatic rings. The van der Waals surface area contributed by atoms with Crippen molar-refractivity contribution in [3.8, 4) is 0 Å². The summed E-state index contributed by atoms with van der Waals surface area (Å²) in [6.45, 7) is 2.08. The largest absolute Gasteiger partial charge is 0.458 e. The van der Waals surface area contributed by atoms with E-state index in [9.17, 15) is 18.3 Å². The van der Waals surface area contributed by atoms with Gasteiger partial charge in [-0.15, -0.1) is 16.9 Å². The van der Waals surface area contributed by atoms with Crippen LogP contribution in [0, 0.1) is 0 Å². The monoisotopic (exact) mass is 285 g/mol. The summed E-state index contributed by atoms with van der Waals surface area (Å²) in [6.07, 6.45) is -3.11. The second-order valence-corrected chi connectivity index (χ2v) is 4.59. The molecule has 0 aromatic heterocycles. The lowest BCUT2D eigenvalue weighted by Crippen LogP contribution is -2.60. The Hall–Kier alpha value is -0.960. The van der Waals surface area contributed by atoms with Crippen LogP contribution in [0.25, 0.3) is 0 Å². The molecule has 0 amide bonds. The van der Waals surface area contributed by atoms with Gasteiger partial charge in [0.1, 0.15) is 6.61 Å². The van der Waals surface area contributed by atoms with Gasteiger partial charge in [-0.2, -0.15) is 13.2 Å². The Kier molecular flexibility index (Phi) is 4.49. The highest BCUT2D eigenvalue weighted by atomic mass is 32.2. The molecule has 1 rings (SSSR count). The van der Waals surface area contributed by atoms with Crippen LogP contribution in [-0.4, -0.2) is 52.4 Å². The molecule has 0 spiro atoms. The molecule has 9 heteroatoms. The Morgan fingerprint density at radius 3 is 2.61 bits per heavy atom. The van der Waals surface area contributed by atoms with Crippen molar-refractivity contribution in [3.05, 3.63) is 0 Å². The molecule has 1 aliphatic rings. The van der Waals surface area contributed by atoms with E-state index in [-0.39, 0.29) is 6.02 Å². The van der Waals surface area contributed by atoms with Gasteiger partial charge in [0.2, 0.25) is 0 Å². The highest BCUT2D eigenvalue weighted by Gasteiger charge is 2.64. The first-order chi connectivity index (χ1) is 8.24. The van der Waals surface area contributed by atoms with Crippen LogP contribution in [0.1, 0.15) is 13.8 Å². The molecule has 18 heavy (non-hydrogen) atoms. The summed E-state index contributed by atoms with van der Waals surface area (Å²) >= 11 is 1.24. The molecule has 0 radical (unpaired) electrons. The minimum absolute atomic E-state index is 0.338. The summed E-state index contributed by atoms with van der Waals surface area (Å²) in [6, 6.07) is -0.975. The second-order valence-electron chi connectivity index (χ2n) is 3.91. The smallest absolute Gasteiger partial charge is 0.440 e. The molecule has 0 aliphatic carbocycles. The molecular weight excluding hydrogens is 271 g/mol. The minimum Gasteiger partial charge on any atom is -0.458 e. The molecule has 1 saturated heterocycles. The van der Waals surface area contributed by atoms with Crippen LogP contribution in [-0.2, 0) is 4.74 Å². The maximum Gasteiger partial charge on any atom is 0.440 e. The Balaban J connectivity index is 3.07. The summed E-state index contributed by atoms with van der Waals surface area (Å²) < 4.78 is 43.3. The summed E-state index contributed by atoms with van der Waals surface area (Å²) in [4.78, 5) is 0.671. The highest BCUT2D eigenvalue weighted by Crippen LogP contribution is 2.39. The van der Waals surface area contributed by atoms with Gasteiger partial charge < -0.3 is 9.84 Å². The van der Waals surface area contributed by atoms with Crippen molar-refractivity contribution in [2.45, 2.75) is 31.8 Å². The van der Waals surface area contributed by atoms with E-state index in [2.05, 4.69) is 10.2 Å². The number of hydrogen-bond acceptors (Lipinski definition) is 5. The lowest BCUT2D eigenvalue weighted by Gasteiger charge is -2.35. The predicted octanol–water partition coefficient (Wildman–Crippen LogP) is 1.64. The van der Waals surface area contributed by atoms with Crippen molar-refractivity contribution in [3.63, 3.8) is 0 Å². The standard InChI is InChI=1S/C9H14F3N3O2S/c1-6(2)15-7(14-13-5-18-3)17-4-8(15,16)9(10,11)12/h5-6,16H,4H2,1-3H3/b13-5+,14-7-. The average molecular weight is 285 g/mol. The first-order valence-corrected chi connectivity index (χ1v) is 6.36. The molecule has 1 fully saturated rings. The molecule has 0 aromatic carbocycles. The lowest BCUT2D eigenvalue weighted by atomic mass is 10.1. The van der Waals surface area contributed by atoms with Gasteiger partial charge in [0.25, 0.3) is 5.72 Å². The first kappa shape index (κ1) is 15.1. The maximum atomic E-state index is 12.8. The number of halogens is 3. The number of alkyl halides is 3. The second kappa shape index (κ2) is 5.35. The van der Waals surface area contributed by atoms with Gasteiger partial charge in [-0.3, -0.25) is 4.90 Å². The SMILES string of the molecule is CS/C=N/N=C1\OCC(O)(C(F)(F)F)N1C(C)C. The zero-order valence-electron chi connectivity index (χ0n) is 10.1. The fraction of sp³-hybridized carbons (Fsp3) is 0.778. The number of hydrogen-bond donors (Lipinski definition) is 1. The van der Waals surface area contributed by atoms with Crippen LogP contribution < -0.4 is 0 Å². The molecular formula is C9H14F3N3O2S. The molecule has 104 valence electrons. The van der Waals surface area contributed by atoms with Crippen molar-refractivity contribution in [2.75, 3.05) is 12.9 Å². The number of ether oxygens (including phenoxy) is 1. The van der Waals surface area contributed by atoms with Gasteiger partial charge in [-0.1, -0.05) is 5.10 Å². The zero-order chi connectivity index (χ0) is 14.0. The molecule has 1 heterocycles. The third-order valence-corrected chi connectivity index (χ3v) is 2.58. The van der Waals surface area contributed by atoms with Gasteiger partial charge in [-0.05, 0) is 20.1 Å². The first-order valence-electron chi connectivity index (χ1n) is 5.07. The fourth-order valence-electron chi connectivity index (χ4n) is 1.53. The van der Waals surface area contributed by atoms with Crippen molar-refractivity contribution in [2.24, 2.45) is 10.2 Å². The average Bonchev–Trinajstić information content (AvgIpc) is 2.57. The van der Waals surface area contributed by atoms with Gasteiger partial charge in [0, 0.05) is 6.04 Å². The predicted molar refractivity (Wildman–Crippen MR) is 63.4 cm³/mol. The van der Waals surface area contributed by atoms with Crippen LogP contribution in [0.2, 0.25) is 0 Å². The molecule has 0 saturated carbocycles. The van der Waals surface area contributed by atoms with E-state index in [4.69, 9.17) is 4.74 Å². The Morgan fingerprint density at radius 1 is 1.56 bits per heavy atom. The summed E-state index contributed by atoms with van der Waals surface area (Å²) in [7, 11) is 0. The van der Waals surface area contributed by atoms with E-state index in [1.54, 1.807) is 6.26 Å². The Bertz CT molecular complexity index is 359. The van der Waals surface area contributed by atoms with Crippen LogP contribution in [0.3, 0.4) is 0 Å². The zero-order valence-corrected chi connectivity index (χ0v) is 10.9. The van der Waals surface area contributed by atoms with E-state index < -0.39 is 24.6 Å². The van der Waals surface area contributed by atoms with E-state index in [0.29, 0.717) is 4.90 Å². The molecule has 1 unspecified atom stereocenters. The third kappa shape index (κ3) is 2.72. The number of nitrogens with zero attached hydrogens (tertiary/aromatic N) is 3. The molecule has 1 atom stereocenters. The van der Waals surface area contributed by atoms with Crippen LogP contribution in [0.5, 0.6) is 0 Å². The van der Waals surface area contributed by atoms with Crippen molar-refractivity contribution in [1.82, 2.24) is 4.90 Å². The van der Waals surface area contributed by atoms with E-state index >= 15 is 0 Å². The molecule has 0 bridgehead atoms. The highest BCUT2D eigenvalue weighted by molar-refractivity contribution is 8.11. The quantitative estimate of drug-likeness (QED) is 0.486. The van der Waals surface area contributed by atoms with E-state index in [1.807, 2.05) is 0 Å². The normalized spacial score (nSPS) is 27.6. The van der Waals surface area contributed by atoms with Crippen molar-refractivity contribution in [1.29, 1.82) is 0 Å². The minimum atomic E-state index is -4.84. The number of thioether (sulfide) groups is 1. The van der Waals surface area contributed by atoms with Crippen LogP contribution >= 0.6 is 11.8 Å². The van der Waals surface area contributed by atoms with Gasteiger partial charge >= 0.3 is 12.2 Å². The molecule has 1 N–H and O–H groups in total. The summed E-state index contributed by atoms with van der Waals surface area (Å²) in [5, 5.41) is 16.8. The van der Waals surface area contributed by atoms with Gasteiger partial charge in [0.05, 0.1) is 5.55 Å². The molecule has 5 nitrogen and oxygen atoms in total. The Labute approximate surface area is 107 Å². The van der Waals surface area contributed by atoms with Gasteiger partial charge in [-0.25, -0.2) is 0 Å². The molecule has 1 aliphatic heterocycles. The maximum absolute atomic E-state index is 12.8. The fourth-order valence-corrected chi connectivity index (χ4v) is 1.67. The van der Waals surface area contributed by atoms with E-state index in [1.165, 1.54) is 31.2 Å². The summed E-state index contributed by atoms with van der Waals surface area (Å²) in [5.74, 6) is 0. The van der Waals surface area contributed by atoms with Gasteiger partial charge in [0.15, 0.2) is 0 Å². The van der Waals surface area contributed by atoms with E-state index in [0.717, 1.165) is 0 Å². The summed E-state index contributed by atoms with van der Waals surface area (Å²) in [5.41, 5.74) is -1.71. The third-order valence-electron chi connectivity index (χ3n) is 2.27. The number of amidine groups is 1.